The first-order valence-corrected chi connectivity index (χ1v) is 9.57. The fourth-order valence-electron chi connectivity index (χ4n) is 3.02. The summed E-state index contributed by atoms with van der Waals surface area (Å²) >= 11 is 1.24. The van der Waals surface area contributed by atoms with Gasteiger partial charge in [-0.1, -0.05) is 35.6 Å². The third kappa shape index (κ3) is 3.14. The molecule has 142 valence electrons. The van der Waals surface area contributed by atoms with Crippen molar-refractivity contribution in [2.24, 2.45) is 4.99 Å². The summed E-state index contributed by atoms with van der Waals surface area (Å²) in [5, 5.41) is 0.755. The second-order valence-electron chi connectivity index (χ2n) is 6.01. The Morgan fingerprint density at radius 2 is 2.18 bits per heavy atom. The molecule has 0 fully saturated rings. The zero-order chi connectivity index (χ0) is 19.7. The van der Waals surface area contributed by atoms with Crippen molar-refractivity contribution in [2.75, 3.05) is 6.61 Å². The van der Waals surface area contributed by atoms with Crippen molar-refractivity contribution in [3.63, 3.8) is 0 Å². The van der Waals surface area contributed by atoms with Gasteiger partial charge in [0.25, 0.3) is 0 Å². The minimum Gasteiger partial charge on any atom is -0.490 e. The van der Waals surface area contributed by atoms with E-state index in [0.29, 0.717) is 39.5 Å². The van der Waals surface area contributed by atoms with E-state index in [1.807, 2.05) is 19.1 Å². The Hall–Kier alpha value is -3.19. The Kier molecular flexibility index (Phi) is 4.83. The van der Waals surface area contributed by atoms with E-state index >= 15 is 0 Å². The number of thiazole rings is 1. The van der Waals surface area contributed by atoms with Crippen molar-refractivity contribution in [2.45, 2.75) is 13.5 Å². The Balaban J connectivity index is 1.83. The molecule has 0 atom stereocenters. The number of nitrogens with zero attached hydrogens (tertiary/aromatic N) is 2. The van der Waals surface area contributed by atoms with E-state index < -0.39 is 5.91 Å². The van der Waals surface area contributed by atoms with Gasteiger partial charge >= 0.3 is 5.91 Å². The topological polar surface area (TPSA) is 56.7 Å². The van der Waals surface area contributed by atoms with Gasteiger partial charge in [0, 0.05) is 11.9 Å². The lowest BCUT2D eigenvalue weighted by Gasteiger charge is -2.02. The third-order valence-electron chi connectivity index (χ3n) is 4.18. The van der Waals surface area contributed by atoms with Crippen molar-refractivity contribution >= 4 is 38.4 Å². The molecule has 5 nitrogen and oxygen atoms in total. The van der Waals surface area contributed by atoms with Crippen LogP contribution in [0.3, 0.4) is 0 Å². The maximum atomic E-state index is 14.3. The molecule has 1 amide bonds. The number of aromatic nitrogens is 1. The van der Waals surface area contributed by atoms with Gasteiger partial charge in [-0.3, -0.25) is 4.79 Å². The summed E-state index contributed by atoms with van der Waals surface area (Å²) in [5.41, 5.74) is 0.909. The summed E-state index contributed by atoms with van der Waals surface area (Å²) in [4.78, 5) is 17.3. The normalized spacial score (nSPS) is 12.0. The molecule has 7 heteroatoms. The molecular formula is C21H17FN2O3S. The first-order valence-electron chi connectivity index (χ1n) is 8.75. The molecule has 0 saturated carbocycles. The van der Waals surface area contributed by atoms with E-state index in [4.69, 9.17) is 9.15 Å². The number of para-hydroxylation sites is 2. The standard InChI is InChI=1S/C21H17FN2O3S/c1-3-11-24-18-14(22)8-6-10-17(18)28-21(24)23-20(25)16-12-13-7-5-9-15(26-4-2)19(13)27-16/h3,5-10,12H,1,4,11H2,2H3. The smallest absolute Gasteiger partial charge is 0.315 e. The fourth-order valence-corrected chi connectivity index (χ4v) is 4.08. The van der Waals surface area contributed by atoms with Crippen molar-refractivity contribution in [3.8, 4) is 5.75 Å². The number of carbonyl (C=O) groups excluding carboxylic acids is 1. The number of hydrogen-bond donors (Lipinski definition) is 0. The van der Waals surface area contributed by atoms with Crippen LogP contribution < -0.4 is 9.54 Å². The van der Waals surface area contributed by atoms with Gasteiger partial charge in [-0.05, 0) is 31.2 Å². The van der Waals surface area contributed by atoms with E-state index in [1.54, 1.807) is 34.9 Å². The molecule has 28 heavy (non-hydrogen) atoms. The Bertz CT molecular complexity index is 1270. The molecule has 0 aliphatic rings. The van der Waals surface area contributed by atoms with Crippen LogP contribution in [0.2, 0.25) is 0 Å². The SMILES string of the molecule is C=CCn1c(=NC(=O)c2cc3cccc(OCC)c3o2)sc2cccc(F)c21. The van der Waals surface area contributed by atoms with Crippen LogP contribution in [0, 0.1) is 5.82 Å². The maximum Gasteiger partial charge on any atom is 0.315 e. The molecule has 0 saturated heterocycles. The van der Waals surface area contributed by atoms with Gasteiger partial charge in [0.15, 0.2) is 21.9 Å². The molecule has 2 aromatic heterocycles. The molecule has 0 aliphatic carbocycles. The largest absolute Gasteiger partial charge is 0.490 e. The molecule has 0 N–H and O–H groups in total. The number of carbonyl (C=O) groups is 1. The van der Waals surface area contributed by atoms with Crippen molar-refractivity contribution in [1.82, 2.24) is 4.57 Å². The van der Waals surface area contributed by atoms with Gasteiger partial charge in [0.05, 0.1) is 16.8 Å². The van der Waals surface area contributed by atoms with Crippen molar-refractivity contribution in [1.29, 1.82) is 0 Å². The van der Waals surface area contributed by atoms with Gasteiger partial charge in [-0.25, -0.2) is 4.39 Å². The predicted molar refractivity (Wildman–Crippen MR) is 107 cm³/mol. The average molecular weight is 396 g/mol. The Morgan fingerprint density at radius 3 is 2.96 bits per heavy atom. The molecule has 2 aromatic carbocycles. The summed E-state index contributed by atoms with van der Waals surface area (Å²) in [6.07, 6.45) is 1.64. The number of halogens is 1. The second kappa shape index (κ2) is 7.44. The summed E-state index contributed by atoms with van der Waals surface area (Å²) in [7, 11) is 0. The number of amides is 1. The molecule has 0 aliphatic heterocycles. The molecule has 2 heterocycles. The van der Waals surface area contributed by atoms with Crippen molar-refractivity contribution in [3.05, 3.63) is 71.5 Å². The number of hydrogen-bond acceptors (Lipinski definition) is 4. The summed E-state index contributed by atoms with van der Waals surface area (Å²) in [6, 6.07) is 11.9. The highest BCUT2D eigenvalue weighted by molar-refractivity contribution is 7.16. The number of benzene rings is 2. The van der Waals surface area contributed by atoms with E-state index in [1.165, 1.54) is 17.4 Å². The van der Waals surface area contributed by atoms with E-state index in [0.717, 1.165) is 5.39 Å². The molecule has 0 bridgehead atoms. The van der Waals surface area contributed by atoms with Crippen LogP contribution in [0.25, 0.3) is 21.2 Å². The number of furan rings is 1. The number of rotatable bonds is 5. The van der Waals surface area contributed by atoms with E-state index in [-0.39, 0.29) is 11.6 Å². The Labute approximate surface area is 164 Å². The van der Waals surface area contributed by atoms with Crippen LogP contribution in [-0.2, 0) is 6.54 Å². The molecule has 0 unspecified atom stereocenters. The second-order valence-corrected chi connectivity index (χ2v) is 7.01. The van der Waals surface area contributed by atoms with Crippen LogP contribution in [0.5, 0.6) is 5.75 Å². The lowest BCUT2D eigenvalue weighted by atomic mass is 10.2. The molecular weight excluding hydrogens is 379 g/mol. The summed E-state index contributed by atoms with van der Waals surface area (Å²) in [6.45, 7) is 6.41. The highest BCUT2D eigenvalue weighted by Crippen LogP contribution is 2.29. The minimum absolute atomic E-state index is 0.102. The van der Waals surface area contributed by atoms with Crippen LogP contribution in [-0.4, -0.2) is 17.1 Å². The minimum atomic E-state index is -0.538. The number of fused-ring (bicyclic) bond motifs is 2. The highest BCUT2D eigenvalue weighted by atomic mass is 32.1. The quantitative estimate of drug-likeness (QED) is 0.450. The zero-order valence-electron chi connectivity index (χ0n) is 15.1. The molecule has 0 radical (unpaired) electrons. The van der Waals surface area contributed by atoms with E-state index in [2.05, 4.69) is 11.6 Å². The zero-order valence-corrected chi connectivity index (χ0v) is 16.0. The van der Waals surface area contributed by atoms with Gasteiger partial charge < -0.3 is 13.7 Å². The average Bonchev–Trinajstić information content (AvgIpc) is 3.26. The van der Waals surface area contributed by atoms with Gasteiger partial charge in [0.2, 0.25) is 0 Å². The predicted octanol–water partition coefficient (Wildman–Crippen LogP) is 4.91. The first kappa shape index (κ1) is 18.2. The first-order chi connectivity index (χ1) is 13.6. The Morgan fingerprint density at radius 1 is 1.36 bits per heavy atom. The monoisotopic (exact) mass is 396 g/mol. The molecule has 4 aromatic rings. The number of allylic oxidation sites excluding steroid dienone is 1. The molecule has 4 rings (SSSR count). The fraction of sp³-hybridized carbons (Fsp3) is 0.143. The van der Waals surface area contributed by atoms with Crippen LogP contribution in [0.4, 0.5) is 4.39 Å². The van der Waals surface area contributed by atoms with Gasteiger partial charge in [-0.2, -0.15) is 4.99 Å². The van der Waals surface area contributed by atoms with Gasteiger partial charge in [-0.15, -0.1) is 6.58 Å². The van der Waals surface area contributed by atoms with Crippen LogP contribution in [0.1, 0.15) is 17.5 Å². The summed E-state index contributed by atoms with van der Waals surface area (Å²) < 4.78 is 27.9. The maximum absolute atomic E-state index is 14.3. The molecule has 0 spiro atoms. The van der Waals surface area contributed by atoms with Crippen molar-refractivity contribution < 1.29 is 18.3 Å². The van der Waals surface area contributed by atoms with E-state index in [9.17, 15) is 9.18 Å². The van der Waals surface area contributed by atoms with Crippen LogP contribution in [0.15, 0.2) is 64.5 Å². The third-order valence-corrected chi connectivity index (χ3v) is 5.22. The summed E-state index contributed by atoms with van der Waals surface area (Å²) in [5.74, 6) is -0.229. The lowest BCUT2D eigenvalue weighted by molar-refractivity contribution is 0.0973. The number of ether oxygens (including phenoxy) is 1. The van der Waals surface area contributed by atoms with Crippen LogP contribution >= 0.6 is 11.3 Å². The highest BCUT2D eigenvalue weighted by Gasteiger charge is 2.16. The van der Waals surface area contributed by atoms with Gasteiger partial charge in [0.1, 0.15) is 5.82 Å². The lowest BCUT2D eigenvalue weighted by Crippen LogP contribution is -2.16.